The molecular weight excluding hydrogens is 311 g/mol. The van der Waals surface area contributed by atoms with Gasteiger partial charge in [0.05, 0.1) is 6.10 Å². The fourth-order valence-corrected chi connectivity index (χ4v) is 2.31. The quantitative estimate of drug-likeness (QED) is 0.767. The van der Waals surface area contributed by atoms with Crippen LogP contribution in [-0.2, 0) is 6.54 Å². The summed E-state index contributed by atoms with van der Waals surface area (Å²) >= 11 is 3.32. The zero-order valence-electron chi connectivity index (χ0n) is 11.5. The highest BCUT2D eigenvalue weighted by atomic mass is 79.9. The van der Waals surface area contributed by atoms with E-state index in [1.165, 1.54) is 6.07 Å². The van der Waals surface area contributed by atoms with Crippen molar-refractivity contribution in [1.82, 2.24) is 10.2 Å². The lowest BCUT2D eigenvalue weighted by Gasteiger charge is -2.22. The average molecular weight is 333 g/mol. The molecule has 108 valence electrons. The molecule has 3 nitrogen and oxygen atoms in total. The minimum Gasteiger partial charge on any atom is -0.390 e. The SMILES string of the molecule is CCN(CC)CC(O)CNCc1cc(Br)ccc1F. The summed E-state index contributed by atoms with van der Waals surface area (Å²) in [4.78, 5) is 2.16. The summed E-state index contributed by atoms with van der Waals surface area (Å²) in [6.45, 7) is 7.51. The first-order chi connectivity index (χ1) is 9.06. The second kappa shape index (κ2) is 8.64. The van der Waals surface area contributed by atoms with E-state index >= 15 is 0 Å². The molecule has 0 bridgehead atoms. The number of nitrogens with one attached hydrogen (secondary N) is 1. The van der Waals surface area contributed by atoms with Crippen LogP contribution in [0, 0.1) is 5.82 Å². The monoisotopic (exact) mass is 332 g/mol. The number of benzene rings is 1. The Hall–Kier alpha value is -0.490. The molecule has 0 spiro atoms. The van der Waals surface area contributed by atoms with Gasteiger partial charge in [-0.3, -0.25) is 0 Å². The lowest BCUT2D eigenvalue weighted by atomic mass is 10.2. The van der Waals surface area contributed by atoms with Gasteiger partial charge in [0.25, 0.3) is 0 Å². The molecule has 0 heterocycles. The van der Waals surface area contributed by atoms with Crippen LogP contribution >= 0.6 is 15.9 Å². The van der Waals surface area contributed by atoms with Gasteiger partial charge in [-0.2, -0.15) is 0 Å². The first-order valence-corrected chi connectivity index (χ1v) is 7.41. The molecule has 1 rings (SSSR count). The number of aliphatic hydroxyl groups excluding tert-OH is 1. The predicted octanol–water partition coefficient (Wildman–Crippen LogP) is 2.38. The molecule has 1 aromatic carbocycles. The van der Waals surface area contributed by atoms with Gasteiger partial charge < -0.3 is 15.3 Å². The van der Waals surface area contributed by atoms with E-state index < -0.39 is 6.10 Å². The number of hydrogen-bond donors (Lipinski definition) is 2. The van der Waals surface area contributed by atoms with Crippen molar-refractivity contribution in [2.24, 2.45) is 0 Å². The number of halogens is 2. The second-order valence-corrected chi connectivity index (χ2v) is 5.42. The van der Waals surface area contributed by atoms with E-state index in [-0.39, 0.29) is 5.82 Å². The molecule has 0 aliphatic rings. The van der Waals surface area contributed by atoms with Crippen molar-refractivity contribution in [1.29, 1.82) is 0 Å². The van der Waals surface area contributed by atoms with Gasteiger partial charge in [0.15, 0.2) is 0 Å². The number of rotatable bonds is 8. The Kier molecular flexibility index (Phi) is 7.53. The Balaban J connectivity index is 2.35. The summed E-state index contributed by atoms with van der Waals surface area (Å²) in [6.07, 6.45) is -0.435. The van der Waals surface area contributed by atoms with Gasteiger partial charge in [0.1, 0.15) is 5.82 Å². The van der Waals surface area contributed by atoms with E-state index in [2.05, 4.69) is 40.0 Å². The van der Waals surface area contributed by atoms with Crippen LogP contribution in [0.15, 0.2) is 22.7 Å². The molecule has 0 aromatic heterocycles. The van der Waals surface area contributed by atoms with Gasteiger partial charge in [0.2, 0.25) is 0 Å². The number of nitrogens with zero attached hydrogens (tertiary/aromatic N) is 1. The Morgan fingerprint density at radius 3 is 2.68 bits per heavy atom. The van der Waals surface area contributed by atoms with E-state index in [0.717, 1.165) is 17.6 Å². The van der Waals surface area contributed by atoms with E-state index in [9.17, 15) is 9.50 Å². The Labute approximate surface area is 122 Å². The summed E-state index contributed by atoms with van der Waals surface area (Å²) in [5, 5.41) is 13.0. The van der Waals surface area contributed by atoms with Crippen molar-refractivity contribution in [3.8, 4) is 0 Å². The van der Waals surface area contributed by atoms with Gasteiger partial charge in [-0.1, -0.05) is 29.8 Å². The maximum Gasteiger partial charge on any atom is 0.127 e. The highest BCUT2D eigenvalue weighted by molar-refractivity contribution is 9.10. The molecule has 0 amide bonds. The average Bonchev–Trinajstić information content (AvgIpc) is 2.40. The van der Waals surface area contributed by atoms with Crippen LogP contribution < -0.4 is 5.32 Å². The minimum absolute atomic E-state index is 0.228. The van der Waals surface area contributed by atoms with Crippen LogP contribution in [-0.4, -0.2) is 42.3 Å². The molecule has 1 aromatic rings. The van der Waals surface area contributed by atoms with E-state index in [0.29, 0.717) is 25.2 Å². The molecule has 0 aliphatic carbocycles. The Morgan fingerprint density at radius 2 is 2.05 bits per heavy atom. The molecular formula is C14H22BrFN2O. The van der Waals surface area contributed by atoms with Gasteiger partial charge in [-0.25, -0.2) is 4.39 Å². The maximum atomic E-state index is 13.5. The Bertz CT molecular complexity index is 386. The van der Waals surface area contributed by atoms with E-state index in [1.54, 1.807) is 12.1 Å². The van der Waals surface area contributed by atoms with Gasteiger partial charge in [0, 0.05) is 29.7 Å². The number of aliphatic hydroxyl groups is 1. The van der Waals surface area contributed by atoms with Crippen LogP contribution in [0.3, 0.4) is 0 Å². The first-order valence-electron chi connectivity index (χ1n) is 6.61. The van der Waals surface area contributed by atoms with Crippen molar-refractivity contribution in [3.63, 3.8) is 0 Å². The fourth-order valence-electron chi connectivity index (χ4n) is 1.90. The largest absolute Gasteiger partial charge is 0.390 e. The van der Waals surface area contributed by atoms with Crippen molar-refractivity contribution in [2.45, 2.75) is 26.5 Å². The fraction of sp³-hybridized carbons (Fsp3) is 0.571. The molecule has 1 unspecified atom stereocenters. The van der Waals surface area contributed by atoms with Gasteiger partial charge >= 0.3 is 0 Å². The molecule has 0 saturated carbocycles. The molecule has 0 saturated heterocycles. The molecule has 5 heteroatoms. The maximum absolute atomic E-state index is 13.5. The van der Waals surface area contributed by atoms with Crippen molar-refractivity contribution >= 4 is 15.9 Å². The molecule has 0 radical (unpaired) electrons. The zero-order valence-corrected chi connectivity index (χ0v) is 13.1. The summed E-state index contributed by atoms with van der Waals surface area (Å²) in [7, 11) is 0. The summed E-state index contributed by atoms with van der Waals surface area (Å²) in [5.74, 6) is -0.228. The lowest BCUT2D eigenvalue weighted by molar-refractivity contribution is 0.116. The van der Waals surface area contributed by atoms with Crippen molar-refractivity contribution < 1.29 is 9.50 Å². The van der Waals surface area contributed by atoms with Gasteiger partial charge in [-0.05, 0) is 31.3 Å². The van der Waals surface area contributed by atoms with Crippen LogP contribution in [0.2, 0.25) is 0 Å². The first kappa shape index (κ1) is 16.6. The highest BCUT2D eigenvalue weighted by Crippen LogP contribution is 2.15. The molecule has 0 fully saturated rings. The van der Waals surface area contributed by atoms with Gasteiger partial charge in [-0.15, -0.1) is 0 Å². The Morgan fingerprint density at radius 1 is 1.37 bits per heavy atom. The van der Waals surface area contributed by atoms with Crippen LogP contribution in [0.25, 0.3) is 0 Å². The number of hydrogen-bond acceptors (Lipinski definition) is 3. The summed E-state index contributed by atoms with van der Waals surface area (Å²) < 4.78 is 14.3. The summed E-state index contributed by atoms with van der Waals surface area (Å²) in [6, 6.07) is 4.86. The predicted molar refractivity (Wildman–Crippen MR) is 79.6 cm³/mol. The highest BCUT2D eigenvalue weighted by Gasteiger charge is 2.09. The number of likely N-dealkylation sites (N-methyl/N-ethyl adjacent to an activating group) is 1. The molecule has 1 atom stereocenters. The van der Waals surface area contributed by atoms with Crippen LogP contribution in [0.1, 0.15) is 19.4 Å². The third-order valence-electron chi connectivity index (χ3n) is 3.07. The second-order valence-electron chi connectivity index (χ2n) is 4.51. The zero-order chi connectivity index (χ0) is 14.3. The molecule has 0 aliphatic heterocycles. The smallest absolute Gasteiger partial charge is 0.127 e. The lowest BCUT2D eigenvalue weighted by Crippen LogP contribution is -2.38. The summed E-state index contributed by atoms with van der Waals surface area (Å²) in [5.41, 5.74) is 0.601. The van der Waals surface area contributed by atoms with E-state index in [1.807, 2.05) is 0 Å². The standard InChI is InChI=1S/C14H22BrFN2O/c1-3-18(4-2)10-13(19)9-17-8-11-7-12(15)5-6-14(11)16/h5-7,13,17,19H,3-4,8-10H2,1-2H3. The topological polar surface area (TPSA) is 35.5 Å². The van der Waals surface area contributed by atoms with Crippen LogP contribution in [0.4, 0.5) is 4.39 Å². The third kappa shape index (κ3) is 5.99. The van der Waals surface area contributed by atoms with Crippen molar-refractivity contribution in [3.05, 3.63) is 34.1 Å². The molecule has 19 heavy (non-hydrogen) atoms. The van der Waals surface area contributed by atoms with E-state index in [4.69, 9.17) is 0 Å². The third-order valence-corrected chi connectivity index (χ3v) is 3.56. The van der Waals surface area contributed by atoms with Crippen LogP contribution in [0.5, 0.6) is 0 Å². The normalized spacial score (nSPS) is 12.9. The molecule has 2 N–H and O–H groups in total. The van der Waals surface area contributed by atoms with Crippen molar-refractivity contribution in [2.75, 3.05) is 26.2 Å². The minimum atomic E-state index is -0.435.